The molecule has 62 valence electrons. The zero-order valence-corrected chi connectivity index (χ0v) is 6.98. The van der Waals surface area contributed by atoms with E-state index in [1.165, 1.54) is 0 Å². The molecule has 5 heteroatoms. The highest BCUT2D eigenvalue weighted by atomic mass is 32.2. The molecule has 4 nitrogen and oxygen atoms in total. The Morgan fingerprint density at radius 2 is 2.00 bits per heavy atom. The lowest BCUT2D eigenvalue weighted by atomic mass is 10.6. The first-order chi connectivity index (χ1) is 4.50. The van der Waals surface area contributed by atoms with Gasteiger partial charge in [0.15, 0.2) is 0 Å². The van der Waals surface area contributed by atoms with Gasteiger partial charge < -0.3 is 5.11 Å². The van der Waals surface area contributed by atoms with Gasteiger partial charge in [-0.15, -0.1) is 0 Å². The van der Waals surface area contributed by atoms with Crippen molar-refractivity contribution < 1.29 is 13.5 Å². The van der Waals surface area contributed by atoms with Crippen LogP contribution in [0.5, 0.6) is 0 Å². The van der Waals surface area contributed by atoms with Gasteiger partial charge in [-0.2, -0.15) is 0 Å². The van der Waals surface area contributed by atoms with E-state index in [0.717, 1.165) is 0 Å². The number of nitrogens with one attached hydrogen (secondary N) is 1. The third kappa shape index (κ3) is 3.14. The van der Waals surface area contributed by atoms with Gasteiger partial charge in [-0.05, 0) is 13.8 Å². The Hall–Kier alpha value is -0.130. The summed E-state index contributed by atoms with van der Waals surface area (Å²) < 4.78 is 24.0. The Kier molecular flexibility index (Phi) is 3.85. The molecule has 10 heavy (non-hydrogen) atoms. The van der Waals surface area contributed by atoms with Crippen LogP contribution in [0, 0.1) is 0 Å². The van der Waals surface area contributed by atoms with Gasteiger partial charge in [0.25, 0.3) is 0 Å². The number of hydrogen-bond acceptors (Lipinski definition) is 3. The smallest absolute Gasteiger partial charge is 0.214 e. The van der Waals surface area contributed by atoms with E-state index in [0.29, 0.717) is 0 Å². The minimum atomic E-state index is -3.17. The van der Waals surface area contributed by atoms with Crippen LogP contribution >= 0.6 is 0 Å². The molecule has 0 rings (SSSR count). The molecule has 0 fully saturated rings. The van der Waals surface area contributed by atoms with Crippen molar-refractivity contribution in [1.82, 2.24) is 4.72 Å². The highest BCUT2D eigenvalue weighted by Crippen LogP contribution is 1.93. The molecule has 0 heterocycles. The predicted octanol–water partition coefficient (Wildman–Crippen LogP) is -0.694. The lowest BCUT2D eigenvalue weighted by Crippen LogP contribution is -2.32. The molecule has 0 atom stereocenters. The Balaban J connectivity index is 3.90. The highest BCUT2D eigenvalue weighted by molar-refractivity contribution is 7.90. The zero-order chi connectivity index (χ0) is 8.20. The first kappa shape index (κ1) is 9.87. The summed E-state index contributed by atoms with van der Waals surface area (Å²) >= 11 is 0. The lowest BCUT2D eigenvalue weighted by molar-refractivity contribution is 0.301. The second-order valence-corrected chi connectivity index (χ2v) is 4.53. The van der Waals surface area contributed by atoms with Crippen molar-refractivity contribution in [3.8, 4) is 0 Å². The van der Waals surface area contributed by atoms with Gasteiger partial charge in [0, 0.05) is 6.54 Å². The van der Waals surface area contributed by atoms with Crippen molar-refractivity contribution in [3.63, 3.8) is 0 Å². The van der Waals surface area contributed by atoms with Crippen LogP contribution in [0.1, 0.15) is 13.8 Å². The largest absolute Gasteiger partial charge is 0.395 e. The average Bonchev–Trinajstić information content (AvgIpc) is 1.84. The van der Waals surface area contributed by atoms with E-state index in [4.69, 9.17) is 5.11 Å². The van der Waals surface area contributed by atoms with Crippen LogP contribution in [0.25, 0.3) is 0 Å². The molecular formula is C5H13NO3S. The van der Waals surface area contributed by atoms with Crippen LogP contribution in [0.4, 0.5) is 0 Å². The van der Waals surface area contributed by atoms with E-state index in [1.54, 1.807) is 13.8 Å². The monoisotopic (exact) mass is 167 g/mol. The van der Waals surface area contributed by atoms with Crippen LogP contribution in [-0.2, 0) is 10.0 Å². The number of hydrogen-bond donors (Lipinski definition) is 2. The minimum Gasteiger partial charge on any atom is -0.395 e. The third-order valence-electron chi connectivity index (χ3n) is 1.04. The summed E-state index contributed by atoms with van der Waals surface area (Å²) in [4.78, 5) is 0. The maximum atomic E-state index is 10.9. The second-order valence-electron chi connectivity index (χ2n) is 2.21. The van der Waals surface area contributed by atoms with Crippen LogP contribution in [-0.4, -0.2) is 31.9 Å². The molecule has 0 saturated carbocycles. The predicted molar refractivity (Wildman–Crippen MR) is 39.1 cm³/mol. The fourth-order valence-electron chi connectivity index (χ4n) is 0.355. The Morgan fingerprint density at radius 3 is 2.30 bits per heavy atom. The van der Waals surface area contributed by atoms with Gasteiger partial charge in [-0.3, -0.25) is 0 Å². The number of rotatable bonds is 4. The van der Waals surface area contributed by atoms with Gasteiger partial charge in [0.2, 0.25) is 10.0 Å². The maximum Gasteiger partial charge on any atom is 0.214 e. The first-order valence-electron chi connectivity index (χ1n) is 3.10. The van der Waals surface area contributed by atoms with E-state index in [9.17, 15) is 8.42 Å². The van der Waals surface area contributed by atoms with Gasteiger partial charge in [0.1, 0.15) is 0 Å². The van der Waals surface area contributed by atoms with Crippen molar-refractivity contribution in [1.29, 1.82) is 0 Å². The van der Waals surface area contributed by atoms with E-state index < -0.39 is 15.3 Å². The van der Waals surface area contributed by atoms with Crippen LogP contribution in [0.2, 0.25) is 0 Å². The minimum absolute atomic E-state index is 0.0977. The summed E-state index contributed by atoms with van der Waals surface area (Å²) in [7, 11) is -3.17. The van der Waals surface area contributed by atoms with Crippen molar-refractivity contribution in [3.05, 3.63) is 0 Å². The van der Waals surface area contributed by atoms with E-state index in [2.05, 4.69) is 4.72 Å². The summed E-state index contributed by atoms with van der Waals surface area (Å²) in [6.07, 6.45) is 0. The van der Waals surface area contributed by atoms with Crippen molar-refractivity contribution >= 4 is 10.0 Å². The topological polar surface area (TPSA) is 66.4 Å². The molecular weight excluding hydrogens is 154 g/mol. The van der Waals surface area contributed by atoms with Crippen molar-refractivity contribution in [2.45, 2.75) is 19.1 Å². The summed E-state index contributed by atoms with van der Waals surface area (Å²) in [5.41, 5.74) is 0. The van der Waals surface area contributed by atoms with Crippen LogP contribution in [0.15, 0.2) is 0 Å². The third-order valence-corrected chi connectivity index (χ3v) is 2.88. The van der Waals surface area contributed by atoms with Gasteiger partial charge in [-0.25, -0.2) is 13.1 Å². The van der Waals surface area contributed by atoms with E-state index >= 15 is 0 Å². The molecule has 0 spiro atoms. The van der Waals surface area contributed by atoms with Crippen LogP contribution in [0.3, 0.4) is 0 Å². The van der Waals surface area contributed by atoms with Gasteiger partial charge in [0.05, 0.1) is 11.9 Å². The average molecular weight is 167 g/mol. The van der Waals surface area contributed by atoms with Crippen molar-refractivity contribution in [2.24, 2.45) is 0 Å². The van der Waals surface area contributed by atoms with E-state index in [-0.39, 0.29) is 13.2 Å². The second kappa shape index (κ2) is 3.90. The Morgan fingerprint density at radius 1 is 1.50 bits per heavy atom. The van der Waals surface area contributed by atoms with E-state index in [1.807, 2.05) is 0 Å². The molecule has 0 bridgehead atoms. The normalized spacial score (nSPS) is 12.4. The summed E-state index contributed by atoms with van der Waals surface area (Å²) in [5, 5.41) is 7.85. The summed E-state index contributed by atoms with van der Waals surface area (Å²) in [5.74, 6) is 0. The maximum absolute atomic E-state index is 10.9. The molecule has 0 aliphatic rings. The molecule has 0 aromatic carbocycles. The molecule has 0 aliphatic heterocycles. The number of aliphatic hydroxyl groups excluding tert-OH is 1. The molecule has 0 unspecified atom stereocenters. The molecule has 0 aliphatic carbocycles. The quantitative estimate of drug-likeness (QED) is 0.582. The Bertz CT molecular complexity index is 173. The molecule has 0 amide bonds. The lowest BCUT2D eigenvalue weighted by Gasteiger charge is -2.06. The Labute approximate surface area is 61.3 Å². The number of sulfonamides is 1. The summed E-state index contributed by atoms with van der Waals surface area (Å²) in [6, 6.07) is 0. The molecule has 0 aromatic rings. The number of aliphatic hydroxyl groups is 1. The van der Waals surface area contributed by atoms with Gasteiger partial charge in [-0.1, -0.05) is 0 Å². The fourth-order valence-corrected chi connectivity index (χ4v) is 1.06. The molecule has 0 saturated heterocycles. The zero-order valence-electron chi connectivity index (χ0n) is 6.16. The standard InChI is InChI=1S/C5H13NO3S/c1-5(2)10(8,9)6-3-4-7/h5-7H,3-4H2,1-2H3. The highest BCUT2D eigenvalue weighted by Gasteiger charge is 2.13. The summed E-state index contributed by atoms with van der Waals surface area (Å²) in [6.45, 7) is 3.10. The fraction of sp³-hybridized carbons (Fsp3) is 1.00. The molecule has 0 aromatic heterocycles. The molecule has 0 radical (unpaired) electrons. The van der Waals surface area contributed by atoms with Crippen molar-refractivity contribution in [2.75, 3.05) is 13.2 Å². The SMILES string of the molecule is CC(C)S(=O)(=O)NCCO. The first-order valence-corrected chi connectivity index (χ1v) is 4.64. The molecule has 2 N–H and O–H groups in total. The van der Waals surface area contributed by atoms with Gasteiger partial charge >= 0.3 is 0 Å². The van der Waals surface area contributed by atoms with Crippen LogP contribution < -0.4 is 4.72 Å².